The first-order chi connectivity index (χ1) is 17.2. The predicted molar refractivity (Wildman–Crippen MR) is 166 cm³/mol. The first kappa shape index (κ1) is 26.0. The first-order valence-corrected chi connectivity index (χ1v) is 17.1. The van der Waals surface area contributed by atoms with Gasteiger partial charge < -0.3 is 0 Å². The number of rotatable bonds is 3. The smallest absolute Gasteiger partial charge is 0.0694 e. The number of hydrogen-bond donors (Lipinski definition) is 0. The molecular weight excluding hydrogens is 460 g/mol. The van der Waals surface area contributed by atoms with Gasteiger partial charge >= 0.3 is 0 Å². The first-order valence-electron chi connectivity index (χ1n) is 14.0. The Balaban J connectivity index is 1.72. The summed E-state index contributed by atoms with van der Waals surface area (Å²) in [5.41, 5.74) is 13.9. The molecule has 2 aliphatic rings. The fourth-order valence-electron chi connectivity index (χ4n) is 7.05. The topological polar surface area (TPSA) is 0 Å². The molecule has 0 N–H and O–H groups in total. The van der Waals surface area contributed by atoms with Crippen LogP contribution >= 0.6 is 0 Å². The molecule has 0 amide bonds. The summed E-state index contributed by atoms with van der Waals surface area (Å²) in [5.74, 6) is 0.484. The number of allylic oxidation sites excluding steroid dienone is 3. The molecular formula is C36H44Si. The van der Waals surface area contributed by atoms with Gasteiger partial charge in [-0.25, -0.2) is 0 Å². The molecule has 0 nitrogen and oxygen atoms in total. The Morgan fingerprint density at radius 3 is 1.81 bits per heavy atom. The molecule has 0 heterocycles. The molecule has 3 aromatic carbocycles. The van der Waals surface area contributed by atoms with Crippen LogP contribution in [0.5, 0.6) is 0 Å². The van der Waals surface area contributed by atoms with Gasteiger partial charge in [-0.2, -0.15) is 0 Å². The van der Waals surface area contributed by atoms with Gasteiger partial charge in [0.05, 0.1) is 8.07 Å². The zero-order chi connectivity index (χ0) is 26.9. The van der Waals surface area contributed by atoms with Crippen LogP contribution in [0.3, 0.4) is 0 Å². The third-order valence-electron chi connectivity index (χ3n) is 9.01. The summed E-state index contributed by atoms with van der Waals surface area (Å²) in [7, 11) is -1.97. The van der Waals surface area contributed by atoms with Crippen molar-refractivity contribution in [1.29, 1.82) is 0 Å². The number of hydrogen-bond acceptors (Lipinski definition) is 0. The lowest BCUT2D eigenvalue weighted by Crippen LogP contribution is -2.39. The molecule has 0 fully saturated rings. The monoisotopic (exact) mass is 504 g/mol. The van der Waals surface area contributed by atoms with E-state index in [9.17, 15) is 0 Å². The highest BCUT2D eigenvalue weighted by atomic mass is 28.3. The van der Waals surface area contributed by atoms with Crippen LogP contribution in [0.2, 0.25) is 13.1 Å². The van der Waals surface area contributed by atoms with E-state index in [2.05, 4.69) is 141 Å². The molecule has 0 saturated heterocycles. The number of benzene rings is 3. The van der Waals surface area contributed by atoms with Gasteiger partial charge in [-0.05, 0) is 73.8 Å². The van der Waals surface area contributed by atoms with E-state index in [1.807, 2.05) is 0 Å². The molecule has 0 aromatic heterocycles. The lowest BCUT2D eigenvalue weighted by Gasteiger charge is -2.38. The van der Waals surface area contributed by atoms with Gasteiger partial charge in [0.15, 0.2) is 0 Å². The van der Waals surface area contributed by atoms with E-state index >= 15 is 0 Å². The summed E-state index contributed by atoms with van der Waals surface area (Å²) in [6, 6.07) is 25.7. The van der Waals surface area contributed by atoms with Crippen LogP contribution in [-0.4, -0.2) is 8.07 Å². The van der Waals surface area contributed by atoms with Crippen molar-refractivity contribution in [2.75, 3.05) is 0 Å². The molecule has 37 heavy (non-hydrogen) atoms. The maximum Gasteiger partial charge on any atom is 0.0888 e. The van der Waals surface area contributed by atoms with Gasteiger partial charge in [0.25, 0.3) is 0 Å². The van der Waals surface area contributed by atoms with E-state index in [0.717, 1.165) is 0 Å². The molecule has 0 radical (unpaired) electrons. The van der Waals surface area contributed by atoms with E-state index in [-0.39, 0.29) is 10.8 Å². The highest BCUT2D eigenvalue weighted by Gasteiger charge is 2.46. The van der Waals surface area contributed by atoms with Crippen molar-refractivity contribution in [2.45, 2.75) is 90.8 Å². The second kappa shape index (κ2) is 8.70. The van der Waals surface area contributed by atoms with Crippen molar-refractivity contribution in [3.05, 3.63) is 111 Å². The summed E-state index contributed by atoms with van der Waals surface area (Å²) in [4.78, 5) is 0. The van der Waals surface area contributed by atoms with Gasteiger partial charge in [0, 0.05) is 5.54 Å². The van der Waals surface area contributed by atoms with Crippen LogP contribution in [0.15, 0.2) is 71.9 Å². The van der Waals surface area contributed by atoms with Crippen LogP contribution in [0.4, 0.5) is 0 Å². The van der Waals surface area contributed by atoms with E-state index in [1.165, 1.54) is 50.1 Å². The Morgan fingerprint density at radius 1 is 0.703 bits per heavy atom. The van der Waals surface area contributed by atoms with Crippen molar-refractivity contribution in [1.82, 2.24) is 0 Å². The Morgan fingerprint density at radius 2 is 1.24 bits per heavy atom. The summed E-state index contributed by atoms with van der Waals surface area (Å²) >= 11 is 0. The minimum absolute atomic E-state index is 0.102. The van der Waals surface area contributed by atoms with Gasteiger partial charge in [0.1, 0.15) is 0 Å². The molecule has 3 aromatic rings. The van der Waals surface area contributed by atoms with Gasteiger partial charge in [-0.1, -0.05) is 140 Å². The molecule has 2 aliphatic carbocycles. The Kier molecular flexibility index (Phi) is 6.11. The third-order valence-corrected chi connectivity index (χ3v) is 13.3. The highest BCUT2D eigenvalue weighted by molar-refractivity contribution is 6.88. The predicted octanol–water partition coefficient (Wildman–Crippen LogP) is 10.3. The zero-order valence-corrected chi connectivity index (χ0v) is 25.6. The summed E-state index contributed by atoms with van der Waals surface area (Å²) in [6.07, 6.45) is 2.52. The molecule has 0 bridgehead atoms. The molecule has 5 rings (SSSR count). The molecule has 1 heteroatoms. The number of fused-ring (bicyclic) bond motifs is 2. The minimum Gasteiger partial charge on any atom is -0.0694 e. The van der Waals surface area contributed by atoms with E-state index < -0.39 is 8.07 Å². The van der Waals surface area contributed by atoms with Crippen molar-refractivity contribution in [2.24, 2.45) is 0 Å². The maximum absolute atomic E-state index is 2.63. The van der Waals surface area contributed by atoms with Crippen LogP contribution in [0, 0.1) is 0 Å². The normalized spacial score (nSPS) is 19.7. The van der Waals surface area contributed by atoms with Gasteiger partial charge in [0.2, 0.25) is 0 Å². The van der Waals surface area contributed by atoms with Crippen molar-refractivity contribution < 1.29 is 0 Å². The lowest BCUT2D eigenvalue weighted by atomic mass is 9.78. The van der Waals surface area contributed by atoms with Crippen molar-refractivity contribution in [3.63, 3.8) is 0 Å². The molecule has 2 unspecified atom stereocenters. The fraction of sp³-hybridized carbons (Fsp3) is 0.389. The molecule has 192 valence electrons. The largest absolute Gasteiger partial charge is 0.0888 e. The fourth-order valence-corrected chi connectivity index (χ4v) is 11.8. The average molecular weight is 505 g/mol. The maximum atomic E-state index is 2.63. The SMILES string of the molecule is CC1=C([Si](C)(C)C2C(c3cc(C(C)(C)C)cc(C(C)(C)C)c3)=Cc3ccccc32)C(C)c2ccccc21. The van der Waals surface area contributed by atoms with Crippen LogP contribution in [0.1, 0.15) is 106 Å². The van der Waals surface area contributed by atoms with Crippen molar-refractivity contribution >= 4 is 25.3 Å². The lowest BCUT2D eigenvalue weighted by molar-refractivity contribution is 0.568. The second-order valence-electron chi connectivity index (χ2n) is 14.0. The molecule has 0 aliphatic heterocycles. The van der Waals surface area contributed by atoms with Crippen LogP contribution in [-0.2, 0) is 10.8 Å². The van der Waals surface area contributed by atoms with Crippen LogP contribution in [0.25, 0.3) is 17.2 Å². The van der Waals surface area contributed by atoms with Crippen molar-refractivity contribution in [3.8, 4) is 0 Å². The van der Waals surface area contributed by atoms with E-state index in [0.29, 0.717) is 11.5 Å². The Hall–Kier alpha value is -2.64. The van der Waals surface area contributed by atoms with Crippen LogP contribution < -0.4 is 0 Å². The summed E-state index contributed by atoms with van der Waals surface area (Å²) < 4.78 is 0. The quantitative estimate of drug-likeness (QED) is 0.311. The van der Waals surface area contributed by atoms with E-state index in [1.54, 1.807) is 5.20 Å². The molecule has 0 saturated carbocycles. The minimum atomic E-state index is -1.97. The zero-order valence-electron chi connectivity index (χ0n) is 24.6. The molecule has 0 spiro atoms. The summed E-state index contributed by atoms with van der Waals surface area (Å²) in [6.45, 7) is 24.2. The van der Waals surface area contributed by atoms with E-state index in [4.69, 9.17) is 0 Å². The second-order valence-corrected chi connectivity index (χ2v) is 18.6. The van der Waals surface area contributed by atoms with Gasteiger partial charge in [-0.15, -0.1) is 0 Å². The van der Waals surface area contributed by atoms with Gasteiger partial charge in [-0.3, -0.25) is 0 Å². The Labute approximate surface area is 226 Å². The Bertz CT molecular complexity index is 1400. The standard InChI is InChI=1S/C36H44Si/c1-23-29-16-13-14-17-30(29)24(2)33(23)37(9,10)34-31-18-12-11-15-25(31)21-32(34)26-19-27(35(3,4)5)22-28(20-26)36(6,7)8/h11-23,34H,1-10H3. The molecule has 2 atom stereocenters. The summed E-state index contributed by atoms with van der Waals surface area (Å²) in [5, 5.41) is 1.73. The average Bonchev–Trinajstić information content (AvgIpc) is 3.34. The highest BCUT2D eigenvalue weighted by Crippen LogP contribution is 2.55. The third kappa shape index (κ3) is 4.30.